The van der Waals surface area contributed by atoms with E-state index in [-0.39, 0.29) is 5.78 Å². The smallest absolute Gasteiger partial charge is 0.179 e. The maximum absolute atomic E-state index is 11.4. The van der Waals surface area contributed by atoms with Crippen LogP contribution in [0.15, 0.2) is 46.5 Å². The highest BCUT2D eigenvalue weighted by molar-refractivity contribution is 6.33. The second-order valence-corrected chi connectivity index (χ2v) is 5.45. The molecule has 0 saturated heterocycles. The molecule has 20 heavy (non-hydrogen) atoms. The topological polar surface area (TPSA) is 32.7 Å². The molecule has 0 amide bonds. The van der Waals surface area contributed by atoms with Crippen molar-refractivity contribution in [1.82, 2.24) is 0 Å². The van der Waals surface area contributed by atoms with Crippen LogP contribution in [0.4, 0.5) is 11.4 Å². The lowest BCUT2D eigenvalue weighted by atomic mass is 9.97. The fourth-order valence-corrected chi connectivity index (χ4v) is 2.49. The van der Waals surface area contributed by atoms with Crippen LogP contribution in [0.3, 0.4) is 0 Å². The fourth-order valence-electron chi connectivity index (χ4n) is 2.15. The number of rotatable bonds is 2. The second-order valence-electron chi connectivity index (χ2n) is 5.05. The summed E-state index contributed by atoms with van der Waals surface area (Å²) in [5.41, 5.74) is 4.32. The number of hydrogen-bond acceptors (Lipinski definition) is 3. The molecule has 1 aliphatic carbocycles. The number of carbonyl (C=O) groups excluding carboxylic acids is 1. The zero-order valence-electron chi connectivity index (χ0n) is 12.1. The first-order valence-corrected chi connectivity index (χ1v) is 6.73. The summed E-state index contributed by atoms with van der Waals surface area (Å²) in [6.45, 7) is 3.78. The van der Waals surface area contributed by atoms with Crippen molar-refractivity contribution >= 4 is 34.5 Å². The summed E-state index contributed by atoms with van der Waals surface area (Å²) < 4.78 is 0. The van der Waals surface area contributed by atoms with E-state index >= 15 is 0 Å². The molecular weight excluding hydrogens is 272 g/mol. The lowest BCUT2D eigenvalue weighted by molar-refractivity contribution is -0.110. The van der Waals surface area contributed by atoms with Gasteiger partial charge in [0.2, 0.25) is 0 Å². The standard InChI is InChI=1S/C16H17ClN2O/c1-10-7-13(20)8-11(2)16(10)18-12-5-6-15(19(3)4)14(17)9-12/h5-9H,1-4H3. The summed E-state index contributed by atoms with van der Waals surface area (Å²) in [6, 6.07) is 5.69. The lowest BCUT2D eigenvalue weighted by Gasteiger charge is -2.15. The minimum atomic E-state index is 0.0138. The Morgan fingerprint density at radius 2 is 1.70 bits per heavy atom. The van der Waals surface area contributed by atoms with E-state index in [2.05, 4.69) is 4.99 Å². The average molecular weight is 289 g/mol. The van der Waals surface area contributed by atoms with Gasteiger partial charge in [-0.1, -0.05) is 11.6 Å². The van der Waals surface area contributed by atoms with E-state index < -0.39 is 0 Å². The predicted molar refractivity (Wildman–Crippen MR) is 85.4 cm³/mol. The third-order valence-electron chi connectivity index (χ3n) is 3.12. The Bertz CT molecular complexity index is 630. The van der Waals surface area contributed by atoms with Crippen molar-refractivity contribution in [3.8, 4) is 0 Å². The molecule has 0 radical (unpaired) electrons. The van der Waals surface area contributed by atoms with E-state index in [4.69, 9.17) is 11.6 Å². The van der Waals surface area contributed by atoms with Crippen LogP contribution in [0.1, 0.15) is 13.8 Å². The molecule has 4 heteroatoms. The molecule has 104 valence electrons. The highest BCUT2D eigenvalue weighted by atomic mass is 35.5. The summed E-state index contributed by atoms with van der Waals surface area (Å²) in [5.74, 6) is 0.0138. The normalized spacial score (nSPS) is 14.8. The number of ketones is 1. The molecule has 1 aromatic carbocycles. The summed E-state index contributed by atoms with van der Waals surface area (Å²) in [4.78, 5) is 18.0. The molecule has 1 aromatic rings. The van der Waals surface area contributed by atoms with Gasteiger partial charge in [-0.05, 0) is 55.3 Å². The van der Waals surface area contributed by atoms with Gasteiger partial charge in [-0.15, -0.1) is 0 Å². The van der Waals surface area contributed by atoms with E-state index in [0.29, 0.717) is 5.02 Å². The molecule has 0 bridgehead atoms. The van der Waals surface area contributed by atoms with Crippen LogP contribution in [0.5, 0.6) is 0 Å². The Morgan fingerprint density at radius 3 is 2.20 bits per heavy atom. The number of allylic oxidation sites excluding steroid dienone is 4. The molecule has 2 rings (SSSR count). The number of aliphatic imine (C=N–C) groups is 1. The average Bonchev–Trinajstić information content (AvgIpc) is 2.33. The number of benzene rings is 1. The van der Waals surface area contributed by atoms with Crippen molar-refractivity contribution in [2.24, 2.45) is 4.99 Å². The predicted octanol–water partition coefficient (Wildman–Crippen LogP) is 3.95. The molecule has 1 aliphatic rings. The largest absolute Gasteiger partial charge is 0.376 e. The van der Waals surface area contributed by atoms with Crippen molar-refractivity contribution in [3.05, 3.63) is 46.5 Å². The minimum Gasteiger partial charge on any atom is -0.376 e. The summed E-state index contributed by atoms with van der Waals surface area (Å²) in [6.07, 6.45) is 3.20. The maximum atomic E-state index is 11.4. The van der Waals surface area contributed by atoms with Crippen LogP contribution < -0.4 is 4.90 Å². The molecule has 0 atom stereocenters. The van der Waals surface area contributed by atoms with Crippen molar-refractivity contribution in [2.45, 2.75) is 13.8 Å². The van der Waals surface area contributed by atoms with Crippen molar-refractivity contribution in [1.29, 1.82) is 0 Å². The van der Waals surface area contributed by atoms with E-state index in [1.165, 1.54) is 0 Å². The van der Waals surface area contributed by atoms with Crippen LogP contribution in [0.2, 0.25) is 5.02 Å². The number of carbonyl (C=O) groups is 1. The van der Waals surface area contributed by atoms with Gasteiger partial charge in [0.25, 0.3) is 0 Å². The highest BCUT2D eigenvalue weighted by Gasteiger charge is 2.13. The van der Waals surface area contributed by atoms with E-state index in [0.717, 1.165) is 28.2 Å². The Kier molecular flexibility index (Phi) is 4.09. The maximum Gasteiger partial charge on any atom is 0.179 e. The van der Waals surface area contributed by atoms with Crippen molar-refractivity contribution in [2.75, 3.05) is 19.0 Å². The first-order chi connectivity index (χ1) is 9.38. The number of nitrogens with zero attached hydrogens (tertiary/aromatic N) is 2. The zero-order valence-corrected chi connectivity index (χ0v) is 12.8. The van der Waals surface area contributed by atoms with E-state index in [1.807, 2.05) is 51.0 Å². The van der Waals surface area contributed by atoms with Crippen LogP contribution in [0.25, 0.3) is 0 Å². The van der Waals surface area contributed by atoms with Gasteiger partial charge in [0.15, 0.2) is 5.78 Å². The summed E-state index contributed by atoms with van der Waals surface area (Å²) >= 11 is 6.24. The second kappa shape index (κ2) is 5.63. The molecule has 0 aromatic heterocycles. The highest BCUT2D eigenvalue weighted by Crippen LogP contribution is 2.30. The monoisotopic (exact) mass is 288 g/mol. The van der Waals surface area contributed by atoms with E-state index in [1.54, 1.807) is 12.2 Å². The number of anilines is 1. The van der Waals surface area contributed by atoms with Crippen molar-refractivity contribution < 1.29 is 4.79 Å². The van der Waals surface area contributed by atoms with Crippen LogP contribution >= 0.6 is 11.6 Å². The molecule has 0 fully saturated rings. The Morgan fingerprint density at radius 1 is 1.10 bits per heavy atom. The molecule has 0 N–H and O–H groups in total. The Labute approximate surface area is 124 Å². The van der Waals surface area contributed by atoms with Gasteiger partial charge >= 0.3 is 0 Å². The van der Waals surface area contributed by atoms with Crippen LogP contribution in [-0.2, 0) is 4.79 Å². The van der Waals surface area contributed by atoms with Crippen molar-refractivity contribution in [3.63, 3.8) is 0 Å². The Balaban J connectivity index is 2.41. The Hall–Kier alpha value is -1.87. The lowest BCUT2D eigenvalue weighted by Crippen LogP contribution is -2.11. The molecule has 0 spiro atoms. The van der Waals surface area contributed by atoms with Gasteiger partial charge in [-0.3, -0.25) is 4.79 Å². The summed E-state index contributed by atoms with van der Waals surface area (Å²) in [7, 11) is 3.89. The molecular formula is C16H17ClN2O. The molecule has 0 unspecified atom stereocenters. The quantitative estimate of drug-likeness (QED) is 0.772. The summed E-state index contributed by atoms with van der Waals surface area (Å²) in [5, 5.41) is 0.659. The minimum absolute atomic E-state index is 0.0138. The third-order valence-corrected chi connectivity index (χ3v) is 3.42. The van der Waals surface area contributed by atoms with Gasteiger partial charge < -0.3 is 4.90 Å². The zero-order chi connectivity index (χ0) is 14.9. The number of hydrogen-bond donors (Lipinski definition) is 0. The van der Waals surface area contributed by atoms with Crippen LogP contribution in [-0.4, -0.2) is 25.6 Å². The van der Waals surface area contributed by atoms with Gasteiger partial charge in [-0.25, -0.2) is 4.99 Å². The fraction of sp³-hybridized carbons (Fsp3) is 0.250. The van der Waals surface area contributed by atoms with Gasteiger partial charge in [0.1, 0.15) is 0 Å². The van der Waals surface area contributed by atoms with Gasteiger partial charge in [0.05, 0.1) is 22.1 Å². The third kappa shape index (κ3) is 2.99. The van der Waals surface area contributed by atoms with Gasteiger partial charge in [0, 0.05) is 14.1 Å². The molecule has 0 aliphatic heterocycles. The SMILES string of the molecule is CC1=CC(=O)C=C(C)C1=Nc1ccc(N(C)C)c(Cl)c1. The molecule has 0 saturated carbocycles. The first kappa shape index (κ1) is 14.5. The van der Waals surface area contributed by atoms with Gasteiger partial charge in [-0.2, -0.15) is 0 Å². The van der Waals surface area contributed by atoms with E-state index in [9.17, 15) is 4.79 Å². The van der Waals surface area contributed by atoms with Crippen LogP contribution in [0, 0.1) is 0 Å². The molecule has 3 nitrogen and oxygen atoms in total. The first-order valence-electron chi connectivity index (χ1n) is 6.35. The molecule has 0 heterocycles. The number of halogens is 1.